The highest BCUT2D eigenvalue weighted by Gasteiger charge is 2.46. The first-order valence-electron chi connectivity index (χ1n) is 28.4. The van der Waals surface area contributed by atoms with Crippen molar-refractivity contribution in [3.05, 3.63) is 241 Å². The van der Waals surface area contributed by atoms with Crippen LogP contribution in [0, 0.1) is 0 Å². The Balaban J connectivity index is 0.982. The summed E-state index contributed by atoms with van der Waals surface area (Å²) in [5.74, 6) is 0. The van der Waals surface area contributed by atoms with Gasteiger partial charge in [-0.2, -0.15) is 0 Å². The van der Waals surface area contributed by atoms with Crippen molar-refractivity contribution < 1.29 is 4.42 Å². The van der Waals surface area contributed by atoms with E-state index in [-0.39, 0.29) is 23.0 Å². The maximum absolute atomic E-state index is 6.50. The number of para-hydroxylation sites is 1. The molecule has 0 bridgehead atoms. The smallest absolute Gasteiger partial charge is 0.252 e. The van der Waals surface area contributed by atoms with Crippen LogP contribution in [0.2, 0.25) is 0 Å². The standard InChI is InChI=1S/C75H60BN3O/c1-73(2,3)48-27-31-50(32-28-48)78-64-20-14-21-65-72(64)76(62-43-57-54-17-9-11-19-59(54)75(7,8)60(57)44-67(62)79(65)51-33-29-49(30-34-51)74(4,5)6)61-38-35-53(42-66(61)78)77(52-36-40-69-58(41-52)55-18-10-12-22-68(55)80-69)63-39-26-47-24-23-45-15-13-16-46-25-37-56(63)71(47)70(45)46/h9-44H,1-8H3. The predicted octanol–water partition coefficient (Wildman–Crippen LogP) is 18.9. The number of hydrogen-bond donors (Lipinski definition) is 0. The molecule has 0 saturated carbocycles. The lowest BCUT2D eigenvalue weighted by Crippen LogP contribution is -2.61. The van der Waals surface area contributed by atoms with Gasteiger partial charge < -0.3 is 19.1 Å². The molecule has 0 atom stereocenters. The molecular weight excluding hydrogens is 970 g/mol. The molecule has 0 radical (unpaired) electrons. The monoisotopic (exact) mass is 1030 g/mol. The molecule has 5 heteroatoms. The van der Waals surface area contributed by atoms with Crippen LogP contribution in [0.5, 0.6) is 0 Å². The first-order valence-corrected chi connectivity index (χ1v) is 28.4. The summed E-state index contributed by atoms with van der Waals surface area (Å²) in [6.45, 7) is 18.5. The van der Waals surface area contributed by atoms with Crippen LogP contribution in [0.1, 0.15) is 77.6 Å². The molecule has 0 fully saturated rings. The number of rotatable bonds is 5. The van der Waals surface area contributed by atoms with Gasteiger partial charge in [0.2, 0.25) is 0 Å². The van der Waals surface area contributed by atoms with E-state index < -0.39 is 0 Å². The number of nitrogens with zero attached hydrogens (tertiary/aromatic N) is 3. The van der Waals surface area contributed by atoms with Crippen LogP contribution in [0.4, 0.5) is 51.2 Å². The van der Waals surface area contributed by atoms with Crippen molar-refractivity contribution in [3.8, 4) is 11.1 Å². The van der Waals surface area contributed by atoms with Gasteiger partial charge in [0.05, 0.1) is 5.69 Å². The lowest BCUT2D eigenvalue weighted by molar-refractivity contribution is 0.590. The van der Waals surface area contributed by atoms with E-state index in [9.17, 15) is 0 Å². The summed E-state index contributed by atoms with van der Waals surface area (Å²) in [7, 11) is 0. The molecule has 0 amide bonds. The zero-order valence-corrected chi connectivity index (χ0v) is 46.6. The summed E-state index contributed by atoms with van der Waals surface area (Å²) in [5, 5.41) is 9.73. The molecule has 2 aliphatic heterocycles. The molecule has 1 aromatic heterocycles. The largest absolute Gasteiger partial charge is 0.456 e. The SMILES string of the molecule is CC(C)(C)c1ccc(N2c3cc(N(c4ccc5oc6ccccc6c5c4)c4ccc5ccc6cccc7ccc4c5c67)ccc3B3c4cc5c(cc4N(c4ccc(C(C)(C)C)cc4)c4cccc2c43)C(C)(C)c2ccccc2-5)cc1. The quantitative estimate of drug-likeness (QED) is 0.127. The van der Waals surface area contributed by atoms with Gasteiger partial charge in [0.15, 0.2) is 0 Å². The van der Waals surface area contributed by atoms with E-state index in [4.69, 9.17) is 4.42 Å². The molecule has 1 aliphatic carbocycles. The Morgan fingerprint density at radius 3 is 1.69 bits per heavy atom. The molecule has 0 saturated heterocycles. The van der Waals surface area contributed by atoms with Crippen molar-refractivity contribution in [2.45, 2.75) is 71.6 Å². The number of furan rings is 1. The molecule has 0 spiro atoms. The third kappa shape index (κ3) is 6.70. The van der Waals surface area contributed by atoms with Crippen LogP contribution in [-0.2, 0) is 16.2 Å². The summed E-state index contributed by atoms with van der Waals surface area (Å²) in [4.78, 5) is 7.64. The van der Waals surface area contributed by atoms with Crippen LogP contribution in [-0.4, -0.2) is 6.71 Å². The number of fused-ring (bicyclic) bond motifs is 10. The minimum atomic E-state index is -0.180. The van der Waals surface area contributed by atoms with Crippen LogP contribution in [0.3, 0.4) is 0 Å². The fraction of sp³-hybridized carbons (Fsp3) is 0.147. The molecule has 12 aromatic carbocycles. The summed E-state index contributed by atoms with van der Waals surface area (Å²) in [5.41, 5.74) is 23.8. The van der Waals surface area contributed by atoms with E-state index in [0.29, 0.717) is 0 Å². The molecule has 80 heavy (non-hydrogen) atoms. The average molecular weight is 1030 g/mol. The lowest BCUT2D eigenvalue weighted by Gasteiger charge is -2.45. The Morgan fingerprint density at radius 1 is 0.412 bits per heavy atom. The van der Waals surface area contributed by atoms with Gasteiger partial charge in [0, 0.05) is 67.1 Å². The van der Waals surface area contributed by atoms with Crippen LogP contribution < -0.4 is 31.1 Å². The highest BCUT2D eigenvalue weighted by molar-refractivity contribution is 7.00. The zero-order valence-electron chi connectivity index (χ0n) is 46.6. The Labute approximate surface area is 468 Å². The topological polar surface area (TPSA) is 22.9 Å². The lowest BCUT2D eigenvalue weighted by atomic mass is 9.33. The Hall–Kier alpha value is -9.06. The molecule has 0 unspecified atom stereocenters. The van der Waals surface area contributed by atoms with Gasteiger partial charge in [0.25, 0.3) is 6.71 Å². The van der Waals surface area contributed by atoms with E-state index in [1.165, 1.54) is 99.1 Å². The van der Waals surface area contributed by atoms with Gasteiger partial charge in [-0.25, -0.2) is 0 Å². The van der Waals surface area contributed by atoms with Crippen molar-refractivity contribution in [1.29, 1.82) is 0 Å². The van der Waals surface area contributed by atoms with Gasteiger partial charge in [-0.1, -0.05) is 189 Å². The molecule has 4 nitrogen and oxygen atoms in total. The summed E-state index contributed by atoms with van der Waals surface area (Å²) in [6, 6.07) is 83.0. The Morgan fingerprint density at radius 2 is 0.988 bits per heavy atom. The van der Waals surface area contributed by atoms with Crippen molar-refractivity contribution >= 4 is 129 Å². The normalized spacial score (nSPS) is 14.3. The van der Waals surface area contributed by atoms with E-state index in [1.807, 2.05) is 0 Å². The maximum atomic E-state index is 6.50. The number of hydrogen-bond acceptors (Lipinski definition) is 4. The first kappa shape index (κ1) is 47.0. The second kappa shape index (κ2) is 16.5. The Kier molecular flexibility index (Phi) is 9.69. The number of anilines is 9. The minimum Gasteiger partial charge on any atom is -0.456 e. The fourth-order valence-corrected chi connectivity index (χ4v) is 14.2. The molecular formula is C75H60BN3O. The van der Waals surface area contributed by atoms with Crippen LogP contribution >= 0.6 is 0 Å². The average Bonchev–Trinajstić information content (AvgIpc) is 4.10. The van der Waals surface area contributed by atoms with Crippen molar-refractivity contribution in [2.75, 3.05) is 14.7 Å². The summed E-state index contributed by atoms with van der Waals surface area (Å²) >= 11 is 0. The van der Waals surface area contributed by atoms with Gasteiger partial charge >= 0.3 is 0 Å². The molecule has 3 heterocycles. The van der Waals surface area contributed by atoms with Gasteiger partial charge in [-0.15, -0.1) is 0 Å². The third-order valence-electron chi connectivity index (χ3n) is 18.3. The predicted molar refractivity (Wildman–Crippen MR) is 341 cm³/mol. The van der Waals surface area contributed by atoms with Gasteiger partial charge in [-0.05, 0) is 172 Å². The molecule has 3 aliphatic rings. The Bertz CT molecular complexity index is 4710. The van der Waals surface area contributed by atoms with Crippen molar-refractivity contribution in [2.24, 2.45) is 0 Å². The molecule has 0 N–H and O–H groups in total. The highest BCUT2D eigenvalue weighted by Crippen LogP contribution is 2.53. The second-order valence-electron chi connectivity index (χ2n) is 25.3. The van der Waals surface area contributed by atoms with Crippen molar-refractivity contribution in [3.63, 3.8) is 0 Å². The third-order valence-corrected chi connectivity index (χ3v) is 18.3. The van der Waals surface area contributed by atoms with Gasteiger partial charge in [-0.3, -0.25) is 0 Å². The maximum Gasteiger partial charge on any atom is 0.252 e. The number of benzene rings is 12. The molecule has 16 rings (SSSR count). The van der Waals surface area contributed by atoms with E-state index >= 15 is 0 Å². The van der Waals surface area contributed by atoms with Crippen LogP contribution in [0.15, 0.2) is 223 Å². The zero-order chi connectivity index (χ0) is 54.1. The van der Waals surface area contributed by atoms with E-state index in [2.05, 4.69) is 288 Å². The molecule has 13 aromatic rings. The van der Waals surface area contributed by atoms with Gasteiger partial charge in [0.1, 0.15) is 11.2 Å². The summed E-state index contributed by atoms with van der Waals surface area (Å²) in [6.07, 6.45) is 0. The van der Waals surface area contributed by atoms with Crippen LogP contribution in [0.25, 0.3) is 65.4 Å². The van der Waals surface area contributed by atoms with Crippen molar-refractivity contribution in [1.82, 2.24) is 0 Å². The second-order valence-corrected chi connectivity index (χ2v) is 25.3. The minimum absolute atomic E-state index is 0.00863. The molecule has 384 valence electrons. The van der Waals surface area contributed by atoms with E-state index in [1.54, 1.807) is 0 Å². The first-order chi connectivity index (χ1) is 38.7. The summed E-state index contributed by atoms with van der Waals surface area (Å²) < 4.78 is 6.50. The van der Waals surface area contributed by atoms with E-state index in [0.717, 1.165) is 56.1 Å². The fourth-order valence-electron chi connectivity index (χ4n) is 14.2. The highest BCUT2D eigenvalue weighted by atomic mass is 16.3.